The molecule has 2 rings (SSSR count). The molecule has 0 aliphatic heterocycles. The van der Waals surface area contributed by atoms with E-state index in [0.29, 0.717) is 5.92 Å². The van der Waals surface area contributed by atoms with Crippen LogP contribution in [0.25, 0.3) is 0 Å². The van der Waals surface area contributed by atoms with Crippen LogP contribution in [0.5, 0.6) is 0 Å². The van der Waals surface area contributed by atoms with Gasteiger partial charge in [-0.1, -0.05) is 6.92 Å². The Morgan fingerprint density at radius 3 is 1.72 bits per heavy atom. The second kappa shape index (κ2) is 14.7. The zero-order valence-electron chi connectivity index (χ0n) is 10.6. The van der Waals surface area contributed by atoms with E-state index in [1.165, 1.54) is 5.92 Å². The van der Waals surface area contributed by atoms with Crippen LogP contribution in [0.15, 0.2) is 0 Å². The molecule has 2 saturated carbocycles. The normalized spacial score (nSPS) is 20.4. The van der Waals surface area contributed by atoms with E-state index in [1.54, 1.807) is 7.11 Å². The topological polar surface area (TPSA) is 9.23 Å². The van der Waals surface area contributed by atoms with Crippen molar-refractivity contribution in [2.24, 2.45) is 5.92 Å². The van der Waals surface area contributed by atoms with E-state index in [0.717, 1.165) is 6.61 Å². The Balaban J connectivity index is 0.000000301. The van der Waals surface area contributed by atoms with Gasteiger partial charge in [0.25, 0.3) is 0 Å². The summed E-state index contributed by atoms with van der Waals surface area (Å²) in [5, 5.41) is 0. The molecule has 2 aliphatic carbocycles. The Bertz CT molecular complexity index is 152. The standard InChI is InChI=1S/C9H13O.C5H5.2ClH.Ti/c1-8(7-10-2)9-5-3-4-6-9;1-2-4-5-3-1;;;/h3-6,8H,7H2,1-2H3;1-5H;2*1H;/q;;;;+2/p-2/t8-;;;;/m0..../s1. The fourth-order valence-corrected chi connectivity index (χ4v) is 1.38. The molecule has 4 heteroatoms. The summed E-state index contributed by atoms with van der Waals surface area (Å²) >= 11 is -0.556. The van der Waals surface area contributed by atoms with Gasteiger partial charge in [-0.15, -0.1) is 0 Å². The molecule has 1 atom stereocenters. The molecule has 0 aromatic rings. The van der Waals surface area contributed by atoms with Gasteiger partial charge in [0.15, 0.2) is 0 Å². The quantitative estimate of drug-likeness (QED) is 0.712. The van der Waals surface area contributed by atoms with Crippen LogP contribution in [0.4, 0.5) is 0 Å². The van der Waals surface area contributed by atoms with Crippen LogP contribution < -0.4 is 0 Å². The SMILES string of the molecule is COC[C@H](C)[C]1[CH][CH][CH][CH]1.[CH]1[CH][CH][CH][CH]1.[Cl][Ti][Cl]. The summed E-state index contributed by atoms with van der Waals surface area (Å²) in [6.45, 7) is 2.98. The fraction of sp³-hybridized carbons (Fsp3) is 0.286. The van der Waals surface area contributed by atoms with Gasteiger partial charge in [0.2, 0.25) is 0 Å². The average molecular weight is 321 g/mol. The summed E-state index contributed by atoms with van der Waals surface area (Å²) in [6.07, 6.45) is 18.4. The van der Waals surface area contributed by atoms with Gasteiger partial charge in [-0.25, -0.2) is 0 Å². The molecule has 1 nitrogen and oxygen atoms in total. The van der Waals surface area contributed by atoms with E-state index in [9.17, 15) is 0 Å². The van der Waals surface area contributed by atoms with Crippen LogP contribution >= 0.6 is 18.6 Å². The van der Waals surface area contributed by atoms with Crippen LogP contribution in [0.2, 0.25) is 0 Å². The number of methoxy groups -OCH3 is 1. The summed E-state index contributed by atoms with van der Waals surface area (Å²) in [5.41, 5.74) is 0. The van der Waals surface area contributed by atoms with Gasteiger partial charge in [0.05, 0.1) is 0 Å². The third-order valence-electron chi connectivity index (χ3n) is 2.23. The van der Waals surface area contributed by atoms with Gasteiger partial charge in [0.1, 0.15) is 0 Å². The molecule has 10 radical (unpaired) electrons. The molecule has 0 aromatic carbocycles. The van der Waals surface area contributed by atoms with Crippen LogP contribution in [-0.2, 0) is 21.8 Å². The maximum atomic E-state index is 5.03. The van der Waals surface area contributed by atoms with Gasteiger partial charge in [-0.3, -0.25) is 0 Å². The monoisotopic (exact) mass is 320 g/mol. The molecular formula is C14H18Cl2OTi. The Hall–Kier alpha value is 1.25. The molecule has 0 saturated heterocycles. The Labute approximate surface area is 130 Å². The van der Waals surface area contributed by atoms with E-state index in [4.69, 9.17) is 23.3 Å². The van der Waals surface area contributed by atoms with Crippen LogP contribution in [0.3, 0.4) is 0 Å². The summed E-state index contributed by atoms with van der Waals surface area (Å²) in [7, 11) is 11.5. The molecule has 0 unspecified atom stereocenters. The van der Waals surface area contributed by atoms with Crippen molar-refractivity contribution in [3.8, 4) is 0 Å². The Kier molecular flexibility index (Phi) is 15.7. The molecule has 0 spiro atoms. The van der Waals surface area contributed by atoms with Crippen LogP contribution in [0, 0.1) is 69.6 Å². The van der Waals surface area contributed by atoms with Gasteiger partial charge >= 0.3 is 35.6 Å². The van der Waals surface area contributed by atoms with Crippen molar-refractivity contribution in [3.05, 3.63) is 63.7 Å². The van der Waals surface area contributed by atoms with E-state index < -0.39 is 17.0 Å². The molecular weight excluding hydrogens is 303 g/mol. The van der Waals surface area contributed by atoms with Gasteiger partial charge in [-0.05, 0) is 69.6 Å². The first-order chi connectivity index (χ1) is 8.76. The molecule has 0 bridgehead atoms. The molecule has 0 heterocycles. The summed E-state index contributed by atoms with van der Waals surface area (Å²) in [5.74, 6) is 1.89. The Morgan fingerprint density at radius 1 is 1.00 bits per heavy atom. The molecule has 2 fully saturated rings. The minimum absolute atomic E-state index is 0.528. The first-order valence-corrected chi connectivity index (χ1v) is 9.89. The molecule has 0 amide bonds. The van der Waals surface area contributed by atoms with Crippen molar-refractivity contribution in [2.75, 3.05) is 13.7 Å². The predicted molar refractivity (Wildman–Crippen MR) is 74.7 cm³/mol. The van der Waals surface area contributed by atoms with Crippen molar-refractivity contribution in [2.45, 2.75) is 6.92 Å². The van der Waals surface area contributed by atoms with E-state index >= 15 is 0 Å². The van der Waals surface area contributed by atoms with Crippen molar-refractivity contribution < 1.29 is 21.8 Å². The number of hydrogen-bond donors (Lipinski definition) is 0. The van der Waals surface area contributed by atoms with Crippen LogP contribution in [-0.4, -0.2) is 13.7 Å². The van der Waals surface area contributed by atoms with E-state index in [1.807, 2.05) is 32.1 Å². The average Bonchev–Trinajstić information content (AvgIpc) is 3.07. The number of rotatable bonds is 3. The number of halogens is 2. The number of hydrogen-bond acceptors (Lipinski definition) is 1. The molecule has 98 valence electrons. The first-order valence-electron chi connectivity index (χ1n) is 5.59. The summed E-state index contributed by atoms with van der Waals surface area (Å²) < 4.78 is 5.03. The van der Waals surface area contributed by atoms with Crippen molar-refractivity contribution in [3.63, 3.8) is 0 Å². The van der Waals surface area contributed by atoms with Crippen LogP contribution in [0.1, 0.15) is 6.92 Å². The number of ether oxygens (including phenoxy) is 1. The first kappa shape index (κ1) is 19.3. The predicted octanol–water partition coefficient (Wildman–Crippen LogP) is 4.07. The summed E-state index contributed by atoms with van der Waals surface area (Å²) in [4.78, 5) is 0. The molecule has 0 aromatic heterocycles. The Morgan fingerprint density at radius 2 is 1.39 bits per heavy atom. The van der Waals surface area contributed by atoms with Gasteiger partial charge < -0.3 is 4.74 Å². The molecule has 2 aliphatic rings. The third kappa shape index (κ3) is 11.1. The van der Waals surface area contributed by atoms with E-state index in [-0.39, 0.29) is 0 Å². The van der Waals surface area contributed by atoms with Crippen molar-refractivity contribution in [1.29, 1.82) is 0 Å². The van der Waals surface area contributed by atoms with E-state index in [2.05, 4.69) is 32.6 Å². The van der Waals surface area contributed by atoms with Gasteiger partial charge in [0, 0.05) is 13.7 Å². The zero-order valence-corrected chi connectivity index (χ0v) is 13.7. The second-order valence-corrected chi connectivity index (χ2v) is 6.19. The zero-order chi connectivity index (χ0) is 13.6. The van der Waals surface area contributed by atoms with Gasteiger partial charge in [-0.2, -0.15) is 0 Å². The maximum absolute atomic E-state index is 5.03. The summed E-state index contributed by atoms with van der Waals surface area (Å²) in [6, 6.07) is 0. The minimum atomic E-state index is -0.556. The third-order valence-corrected chi connectivity index (χ3v) is 2.23. The molecule has 0 N–H and O–H groups in total. The second-order valence-electron chi connectivity index (χ2n) is 3.61. The molecule has 18 heavy (non-hydrogen) atoms. The van der Waals surface area contributed by atoms with Crippen molar-refractivity contribution >= 4 is 18.6 Å². The van der Waals surface area contributed by atoms with Crippen molar-refractivity contribution in [1.82, 2.24) is 0 Å². The fourth-order valence-electron chi connectivity index (χ4n) is 1.38.